The Kier molecular flexibility index (Phi) is 10.9. The number of halogens is 2. The fourth-order valence-electron chi connectivity index (χ4n) is 3.20. The number of hydrogen-bond acceptors (Lipinski definition) is 5. The van der Waals surface area contributed by atoms with Gasteiger partial charge in [0.05, 0.1) is 0 Å². The Morgan fingerprint density at radius 1 is 1.22 bits per heavy atom. The summed E-state index contributed by atoms with van der Waals surface area (Å²) in [6, 6.07) is 8.03. The molecule has 0 spiro atoms. The number of nitrogens with one attached hydrogen (secondary N) is 2. The number of hydrogen-bond donors (Lipinski definition) is 2. The van der Waals surface area contributed by atoms with E-state index in [1.807, 2.05) is 12.1 Å². The second-order valence-corrected chi connectivity index (χ2v) is 9.18. The minimum atomic E-state index is -3.48. The lowest BCUT2D eigenvalue weighted by atomic mass is 9.95. The number of sulfone groups is 1. The van der Waals surface area contributed by atoms with Crippen LogP contribution in [0.25, 0.3) is 0 Å². The molecule has 0 unspecified atom stereocenters. The summed E-state index contributed by atoms with van der Waals surface area (Å²) >= 11 is 0. The highest BCUT2D eigenvalue weighted by Gasteiger charge is 2.48. The molecular weight excluding hydrogens is 409 g/mol. The van der Waals surface area contributed by atoms with Crippen LogP contribution < -0.4 is 10.6 Å². The highest BCUT2D eigenvalue weighted by Crippen LogP contribution is 2.28. The average Bonchev–Trinajstić information content (AvgIpc) is 2.59. The Hall–Kier alpha value is -0.860. The van der Waals surface area contributed by atoms with E-state index < -0.39 is 14.6 Å². The van der Waals surface area contributed by atoms with Crippen LogP contribution in [0.1, 0.15) is 30.9 Å². The average molecular weight is 440 g/mol. The SMILES string of the molecule is CCN(C)Cc1cccc(CNC(=O)C2(S(C)(=O)=O)CCNCC2)c1.Cl.Cl. The lowest BCUT2D eigenvalue weighted by molar-refractivity contribution is -0.124. The van der Waals surface area contributed by atoms with Crippen LogP contribution in [0.3, 0.4) is 0 Å². The minimum absolute atomic E-state index is 0. The Balaban J connectivity index is 0.00000338. The smallest absolute Gasteiger partial charge is 0.241 e. The second kappa shape index (κ2) is 11.2. The van der Waals surface area contributed by atoms with Gasteiger partial charge in [-0.15, -0.1) is 24.8 Å². The first-order chi connectivity index (χ1) is 11.8. The molecule has 1 aromatic rings. The van der Waals surface area contributed by atoms with E-state index >= 15 is 0 Å². The number of carbonyl (C=O) groups excluding carboxylic acids is 1. The molecule has 1 amide bonds. The molecule has 0 atom stereocenters. The molecule has 0 aliphatic carbocycles. The summed E-state index contributed by atoms with van der Waals surface area (Å²) in [5, 5.41) is 5.97. The molecule has 0 radical (unpaired) electrons. The highest BCUT2D eigenvalue weighted by molar-refractivity contribution is 7.92. The van der Waals surface area contributed by atoms with E-state index in [0.717, 1.165) is 18.7 Å². The number of rotatable bonds is 7. The summed E-state index contributed by atoms with van der Waals surface area (Å²) in [6.45, 7) is 5.34. The van der Waals surface area contributed by atoms with Crippen molar-refractivity contribution in [3.05, 3.63) is 35.4 Å². The molecule has 2 rings (SSSR count). The zero-order valence-electron chi connectivity index (χ0n) is 16.2. The maximum atomic E-state index is 12.7. The van der Waals surface area contributed by atoms with E-state index in [-0.39, 0.29) is 30.7 Å². The predicted molar refractivity (Wildman–Crippen MR) is 114 cm³/mol. The predicted octanol–water partition coefficient (Wildman–Crippen LogP) is 1.76. The normalized spacial score (nSPS) is 16.1. The quantitative estimate of drug-likeness (QED) is 0.676. The van der Waals surface area contributed by atoms with Crippen LogP contribution in [0.5, 0.6) is 0 Å². The molecule has 1 aliphatic rings. The Morgan fingerprint density at radius 2 is 1.81 bits per heavy atom. The third-order valence-corrected chi connectivity index (χ3v) is 6.98. The van der Waals surface area contributed by atoms with Gasteiger partial charge in [-0.3, -0.25) is 4.79 Å². The van der Waals surface area contributed by atoms with Crippen molar-refractivity contribution in [3.63, 3.8) is 0 Å². The fourth-order valence-corrected chi connectivity index (χ4v) is 4.56. The van der Waals surface area contributed by atoms with Crippen molar-refractivity contribution in [2.75, 3.05) is 32.9 Å². The molecule has 27 heavy (non-hydrogen) atoms. The van der Waals surface area contributed by atoms with Crippen molar-refractivity contribution in [3.8, 4) is 0 Å². The van der Waals surface area contributed by atoms with Gasteiger partial charge in [-0.1, -0.05) is 31.2 Å². The van der Waals surface area contributed by atoms with Gasteiger partial charge in [0.15, 0.2) is 14.6 Å². The number of nitrogens with zero attached hydrogens (tertiary/aromatic N) is 1. The zero-order valence-corrected chi connectivity index (χ0v) is 18.6. The minimum Gasteiger partial charge on any atom is -0.351 e. The van der Waals surface area contributed by atoms with Crippen LogP contribution in [0.4, 0.5) is 0 Å². The summed E-state index contributed by atoms with van der Waals surface area (Å²) in [4.78, 5) is 14.9. The van der Waals surface area contributed by atoms with Crippen LogP contribution in [0, 0.1) is 0 Å². The molecule has 1 aliphatic heterocycles. The maximum absolute atomic E-state index is 12.7. The van der Waals surface area contributed by atoms with E-state index in [9.17, 15) is 13.2 Å². The summed E-state index contributed by atoms with van der Waals surface area (Å²) in [7, 11) is -1.42. The van der Waals surface area contributed by atoms with Crippen molar-refractivity contribution in [1.82, 2.24) is 15.5 Å². The molecule has 2 N–H and O–H groups in total. The van der Waals surface area contributed by atoms with E-state index in [1.165, 1.54) is 11.8 Å². The topological polar surface area (TPSA) is 78.5 Å². The Morgan fingerprint density at radius 3 is 2.37 bits per heavy atom. The van der Waals surface area contributed by atoms with Crippen molar-refractivity contribution >= 4 is 40.6 Å². The molecule has 1 heterocycles. The summed E-state index contributed by atoms with van der Waals surface area (Å²) in [5.41, 5.74) is 2.16. The summed E-state index contributed by atoms with van der Waals surface area (Å²) in [5.74, 6) is -0.382. The van der Waals surface area contributed by atoms with Gasteiger partial charge in [-0.2, -0.15) is 0 Å². The van der Waals surface area contributed by atoms with Crippen LogP contribution in [-0.4, -0.2) is 56.9 Å². The summed E-state index contributed by atoms with van der Waals surface area (Å²) in [6.07, 6.45) is 1.80. The third-order valence-electron chi connectivity index (χ3n) is 4.97. The van der Waals surface area contributed by atoms with Crippen LogP contribution in [0.15, 0.2) is 24.3 Å². The molecule has 0 bridgehead atoms. The standard InChI is InChI=1S/C18H29N3O3S.2ClH/c1-4-21(2)14-16-7-5-6-15(12-16)13-20-17(22)18(25(3,23)24)8-10-19-11-9-18;;/h5-7,12,19H,4,8-11,13-14H2,1-3H3,(H,20,22);2*1H. The monoisotopic (exact) mass is 439 g/mol. The molecule has 1 fully saturated rings. The number of carbonyl (C=O) groups is 1. The van der Waals surface area contributed by atoms with Crippen molar-refractivity contribution in [1.29, 1.82) is 0 Å². The molecule has 0 aromatic heterocycles. The van der Waals surface area contributed by atoms with Crippen LogP contribution >= 0.6 is 24.8 Å². The molecule has 9 heteroatoms. The highest BCUT2D eigenvalue weighted by atomic mass is 35.5. The van der Waals surface area contributed by atoms with Crippen molar-refractivity contribution < 1.29 is 13.2 Å². The van der Waals surface area contributed by atoms with Gasteiger partial charge in [0, 0.05) is 19.3 Å². The van der Waals surface area contributed by atoms with E-state index in [1.54, 1.807) is 0 Å². The van der Waals surface area contributed by atoms with Crippen molar-refractivity contribution in [2.24, 2.45) is 0 Å². The van der Waals surface area contributed by atoms with Gasteiger partial charge in [0.1, 0.15) is 0 Å². The lowest BCUT2D eigenvalue weighted by Crippen LogP contribution is -2.57. The molecule has 1 aromatic carbocycles. The Labute approximate surface area is 175 Å². The molecule has 0 saturated carbocycles. The largest absolute Gasteiger partial charge is 0.351 e. The lowest BCUT2D eigenvalue weighted by Gasteiger charge is -2.34. The second-order valence-electron chi connectivity index (χ2n) is 6.85. The van der Waals surface area contributed by atoms with Crippen LogP contribution in [0.2, 0.25) is 0 Å². The van der Waals surface area contributed by atoms with E-state index in [4.69, 9.17) is 0 Å². The van der Waals surface area contributed by atoms with E-state index in [0.29, 0.717) is 32.5 Å². The molecule has 1 saturated heterocycles. The van der Waals surface area contributed by atoms with E-state index in [2.05, 4.69) is 41.6 Å². The van der Waals surface area contributed by atoms with Gasteiger partial charge in [0.2, 0.25) is 5.91 Å². The first kappa shape index (κ1) is 26.1. The zero-order chi connectivity index (χ0) is 18.5. The van der Waals surface area contributed by atoms with Gasteiger partial charge in [0.25, 0.3) is 0 Å². The first-order valence-electron chi connectivity index (χ1n) is 8.73. The number of benzene rings is 1. The van der Waals surface area contributed by atoms with Gasteiger partial charge in [-0.05, 0) is 50.7 Å². The maximum Gasteiger partial charge on any atom is 0.241 e. The third kappa shape index (κ3) is 6.61. The first-order valence-corrected chi connectivity index (χ1v) is 10.6. The van der Waals surface area contributed by atoms with Gasteiger partial charge < -0.3 is 15.5 Å². The number of piperidine rings is 1. The van der Waals surface area contributed by atoms with Crippen molar-refractivity contribution in [2.45, 2.75) is 37.6 Å². The van der Waals surface area contributed by atoms with Gasteiger partial charge in [-0.25, -0.2) is 8.42 Å². The fraction of sp³-hybridized carbons (Fsp3) is 0.611. The number of amides is 1. The van der Waals surface area contributed by atoms with Crippen LogP contribution in [-0.2, 0) is 27.7 Å². The molecule has 6 nitrogen and oxygen atoms in total. The molecule has 156 valence electrons. The Bertz CT molecular complexity index is 708. The summed E-state index contributed by atoms with van der Waals surface area (Å²) < 4.78 is 23.2. The molecular formula is C18H31Cl2N3O3S. The van der Waals surface area contributed by atoms with Gasteiger partial charge >= 0.3 is 0 Å².